The predicted octanol–water partition coefficient (Wildman–Crippen LogP) is 2.28. The second-order valence-corrected chi connectivity index (χ2v) is 5.06. The quantitative estimate of drug-likeness (QED) is 0.941. The number of hydrogen-bond acceptors (Lipinski definition) is 4. The van der Waals surface area contributed by atoms with Crippen molar-refractivity contribution in [3.63, 3.8) is 0 Å². The standard InChI is InChI=1S/C17H17NO4/c1-21-12-8-7-11(15(9-12)22-2)10-18-14-6-4-3-5-13(14)16(19)17(18)20/h3-9,16,19H,10H2,1-2H3. The third-order valence-electron chi connectivity index (χ3n) is 3.84. The zero-order valence-electron chi connectivity index (χ0n) is 12.4. The van der Waals surface area contributed by atoms with E-state index in [-0.39, 0.29) is 5.91 Å². The zero-order valence-corrected chi connectivity index (χ0v) is 12.4. The minimum atomic E-state index is -1.10. The number of anilines is 1. The Kier molecular flexibility index (Phi) is 3.73. The SMILES string of the molecule is COc1ccc(CN2C(=O)C(O)c3ccccc32)c(OC)c1. The lowest BCUT2D eigenvalue weighted by molar-refractivity contribution is -0.125. The molecule has 0 radical (unpaired) electrons. The molecule has 2 aromatic rings. The van der Waals surface area contributed by atoms with Gasteiger partial charge >= 0.3 is 0 Å². The van der Waals surface area contributed by atoms with Crippen molar-refractivity contribution in [2.75, 3.05) is 19.1 Å². The summed E-state index contributed by atoms with van der Waals surface area (Å²) in [5, 5.41) is 10.1. The first-order valence-corrected chi connectivity index (χ1v) is 6.95. The van der Waals surface area contributed by atoms with Crippen LogP contribution in [0, 0.1) is 0 Å². The van der Waals surface area contributed by atoms with Crippen LogP contribution < -0.4 is 14.4 Å². The Bertz CT molecular complexity index is 714. The number of amides is 1. The lowest BCUT2D eigenvalue weighted by Gasteiger charge is -2.19. The van der Waals surface area contributed by atoms with Crippen LogP contribution in [-0.2, 0) is 11.3 Å². The molecule has 0 aromatic heterocycles. The summed E-state index contributed by atoms with van der Waals surface area (Å²) >= 11 is 0. The summed E-state index contributed by atoms with van der Waals surface area (Å²) in [6, 6.07) is 12.7. The Hall–Kier alpha value is -2.53. The molecule has 1 aliphatic rings. The van der Waals surface area contributed by atoms with E-state index in [9.17, 15) is 9.90 Å². The highest BCUT2D eigenvalue weighted by atomic mass is 16.5. The first-order valence-electron chi connectivity index (χ1n) is 6.95. The van der Waals surface area contributed by atoms with E-state index in [0.717, 1.165) is 11.3 Å². The number of fused-ring (bicyclic) bond motifs is 1. The van der Waals surface area contributed by atoms with Gasteiger partial charge in [0.2, 0.25) is 0 Å². The minimum absolute atomic E-state index is 0.320. The van der Waals surface area contributed by atoms with Gasteiger partial charge in [-0.2, -0.15) is 0 Å². The van der Waals surface area contributed by atoms with Gasteiger partial charge in [0.25, 0.3) is 5.91 Å². The largest absolute Gasteiger partial charge is 0.497 e. The molecule has 1 atom stereocenters. The number of carbonyl (C=O) groups excluding carboxylic acids is 1. The number of hydrogen-bond donors (Lipinski definition) is 1. The van der Waals surface area contributed by atoms with E-state index in [1.165, 1.54) is 0 Å². The maximum atomic E-state index is 12.3. The van der Waals surface area contributed by atoms with Gasteiger partial charge in [-0.3, -0.25) is 4.79 Å². The van der Waals surface area contributed by atoms with Gasteiger partial charge in [-0.25, -0.2) is 0 Å². The van der Waals surface area contributed by atoms with Crippen molar-refractivity contribution < 1.29 is 19.4 Å². The number of nitrogens with zero attached hydrogens (tertiary/aromatic N) is 1. The highest BCUT2D eigenvalue weighted by Gasteiger charge is 2.35. The van der Waals surface area contributed by atoms with Crippen LogP contribution in [0.15, 0.2) is 42.5 Å². The Morgan fingerprint density at radius 1 is 1.14 bits per heavy atom. The van der Waals surface area contributed by atoms with Crippen molar-refractivity contribution in [3.8, 4) is 11.5 Å². The number of aliphatic hydroxyl groups is 1. The predicted molar refractivity (Wildman–Crippen MR) is 82.1 cm³/mol. The average molecular weight is 299 g/mol. The molecule has 1 heterocycles. The van der Waals surface area contributed by atoms with Gasteiger partial charge in [0.1, 0.15) is 11.5 Å². The molecule has 0 saturated carbocycles. The number of methoxy groups -OCH3 is 2. The molecule has 0 fully saturated rings. The van der Waals surface area contributed by atoms with E-state index in [2.05, 4.69) is 0 Å². The van der Waals surface area contributed by atoms with Crippen LogP contribution in [0.2, 0.25) is 0 Å². The molecule has 5 heteroatoms. The molecule has 2 aromatic carbocycles. The van der Waals surface area contributed by atoms with Gasteiger partial charge in [-0.15, -0.1) is 0 Å². The fourth-order valence-electron chi connectivity index (χ4n) is 2.68. The molecule has 0 bridgehead atoms. The molecule has 0 saturated heterocycles. The summed E-state index contributed by atoms with van der Waals surface area (Å²) in [6.07, 6.45) is -1.10. The normalized spacial score (nSPS) is 16.6. The average Bonchev–Trinajstić information content (AvgIpc) is 2.80. The third kappa shape index (κ3) is 2.29. The van der Waals surface area contributed by atoms with Gasteiger partial charge in [0.05, 0.1) is 26.5 Å². The van der Waals surface area contributed by atoms with Gasteiger partial charge < -0.3 is 19.5 Å². The summed E-state index contributed by atoms with van der Waals surface area (Å²) in [6.45, 7) is 0.333. The fourth-order valence-corrected chi connectivity index (χ4v) is 2.68. The lowest BCUT2D eigenvalue weighted by Crippen LogP contribution is -2.28. The van der Waals surface area contributed by atoms with Crippen molar-refractivity contribution in [1.82, 2.24) is 0 Å². The van der Waals surface area contributed by atoms with Gasteiger partial charge in [0, 0.05) is 17.2 Å². The van der Waals surface area contributed by atoms with E-state index in [1.54, 1.807) is 31.3 Å². The van der Waals surface area contributed by atoms with Crippen molar-refractivity contribution >= 4 is 11.6 Å². The highest BCUT2D eigenvalue weighted by Crippen LogP contribution is 2.37. The molecule has 0 spiro atoms. The summed E-state index contributed by atoms with van der Waals surface area (Å²) in [7, 11) is 3.16. The molecule has 0 aliphatic carbocycles. The Morgan fingerprint density at radius 3 is 2.64 bits per heavy atom. The molecule has 3 rings (SSSR count). The summed E-state index contributed by atoms with van der Waals surface area (Å²) in [4.78, 5) is 13.9. The van der Waals surface area contributed by atoms with E-state index in [1.807, 2.05) is 30.3 Å². The molecule has 114 valence electrons. The van der Waals surface area contributed by atoms with Crippen LogP contribution in [0.25, 0.3) is 0 Å². The van der Waals surface area contributed by atoms with Gasteiger partial charge in [0.15, 0.2) is 6.10 Å². The molecular weight excluding hydrogens is 282 g/mol. The molecule has 5 nitrogen and oxygen atoms in total. The molecule has 1 aliphatic heterocycles. The monoisotopic (exact) mass is 299 g/mol. The maximum absolute atomic E-state index is 12.3. The maximum Gasteiger partial charge on any atom is 0.260 e. The minimum Gasteiger partial charge on any atom is -0.497 e. The number of rotatable bonds is 4. The Morgan fingerprint density at radius 2 is 1.91 bits per heavy atom. The zero-order chi connectivity index (χ0) is 15.7. The van der Waals surface area contributed by atoms with Crippen LogP contribution in [0.1, 0.15) is 17.2 Å². The first-order chi connectivity index (χ1) is 10.7. The third-order valence-corrected chi connectivity index (χ3v) is 3.84. The number of para-hydroxylation sites is 1. The van der Waals surface area contributed by atoms with E-state index in [0.29, 0.717) is 23.6 Å². The van der Waals surface area contributed by atoms with Crippen molar-refractivity contribution in [3.05, 3.63) is 53.6 Å². The second-order valence-electron chi connectivity index (χ2n) is 5.06. The van der Waals surface area contributed by atoms with Crippen LogP contribution in [0.3, 0.4) is 0 Å². The molecule has 1 N–H and O–H groups in total. The van der Waals surface area contributed by atoms with Crippen molar-refractivity contribution in [1.29, 1.82) is 0 Å². The molecule has 1 amide bonds. The van der Waals surface area contributed by atoms with Gasteiger partial charge in [-0.1, -0.05) is 18.2 Å². The molecule has 22 heavy (non-hydrogen) atoms. The van der Waals surface area contributed by atoms with Gasteiger partial charge in [-0.05, 0) is 18.2 Å². The highest BCUT2D eigenvalue weighted by molar-refractivity contribution is 6.03. The lowest BCUT2D eigenvalue weighted by atomic mass is 10.1. The fraction of sp³-hybridized carbons (Fsp3) is 0.235. The molecule has 1 unspecified atom stereocenters. The second kappa shape index (κ2) is 5.69. The summed E-state index contributed by atoms with van der Waals surface area (Å²) < 4.78 is 10.5. The summed E-state index contributed by atoms with van der Waals surface area (Å²) in [5.74, 6) is 1.01. The van der Waals surface area contributed by atoms with Crippen molar-refractivity contribution in [2.24, 2.45) is 0 Å². The number of benzene rings is 2. The van der Waals surface area contributed by atoms with Crippen LogP contribution in [-0.4, -0.2) is 25.2 Å². The van der Waals surface area contributed by atoms with Crippen LogP contribution in [0.5, 0.6) is 11.5 Å². The number of aliphatic hydroxyl groups excluding tert-OH is 1. The smallest absolute Gasteiger partial charge is 0.260 e. The topological polar surface area (TPSA) is 59.0 Å². The van der Waals surface area contributed by atoms with E-state index >= 15 is 0 Å². The van der Waals surface area contributed by atoms with Crippen LogP contribution >= 0.6 is 0 Å². The Balaban J connectivity index is 1.95. The van der Waals surface area contributed by atoms with E-state index in [4.69, 9.17) is 9.47 Å². The number of carbonyl (C=O) groups is 1. The van der Waals surface area contributed by atoms with Crippen molar-refractivity contribution in [2.45, 2.75) is 12.6 Å². The Labute approximate surface area is 128 Å². The molecular formula is C17H17NO4. The number of ether oxygens (including phenoxy) is 2. The van der Waals surface area contributed by atoms with E-state index < -0.39 is 6.10 Å². The first kappa shape index (κ1) is 14.4. The summed E-state index contributed by atoms with van der Waals surface area (Å²) in [5.41, 5.74) is 2.22. The van der Waals surface area contributed by atoms with Crippen LogP contribution in [0.4, 0.5) is 5.69 Å².